The Morgan fingerprint density at radius 3 is 1.75 bits per heavy atom. The van der Waals surface area contributed by atoms with Gasteiger partial charge in [-0.25, -0.2) is 0 Å². The van der Waals surface area contributed by atoms with Gasteiger partial charge < -0.3 is 0 Å². The van der Waals surface area contributed by atoms with Crippen LogP contribution in [0.15, 0.2) is 0 Å². The Kier molecular flexibility index (Phi) is 9.33. The lowest BCUT2D eigenvalue weighted by atomic mass is 10.0. The molecule has 0 aromatic carbocycles. The highest BCUT2D eigenvalue weighted by atomic mass is 15.1. The van der Waals surface area contributed by atoms with Crippen LogP contribution >= 0.6 is 0 Å². The van der Waals surface area contributed by atoms with Crippen LogP contribution < -0.4 is 0 Å². The van der Waals surface area contributed by atoms with Gasteiger partial charge in [0.2, 0.25) is 0 Å². The van der Waals surface area contributed by atoms with E-state index in [0.29, 0.717) is 18.4 Å². The molecule has 0 heterocycles. The van der Waals surface area contributed by atoms with Gasteiger partial charge in [-0.05, 0) is 24.7 Å². The average Bonchev–Trinajstić information content (AvgIpc) is 2.18. The Morgan fingerprint density at radius 2 is 1.44 bits per heavy atom. The molecule has 0 aromatic rings. The fourth-order valence-electron chi connectivity index (χ4n) is 2.35. The molecular formula is C14H28N2. The molecular weight excluding hydrogens is 196 g/mol. The summed E-state index contributed by atoms with van der Waals surface area (Å²) < 4.78 is 0. The van der Waals surface area contributed by atoms with E-state index in [4.69, 9.17) is 5.26 Å². The Hall–Kier alpha value is -0.550. The first kappa shape index (κ1) is 15.4. The smallest absolute Gasteiger partial charge is 0.0866 e. The van der Waals surface area contributed by atoms with Crippen LogP contribution in [0.5, 0.6) is 0 Å². The molecule has 0 radical (unpaired) electrons. The highest BCUT2D eigenvalue weighted by Gasteiger charge is 2.12. The van der Waals surface area contributed by atoms with Crippen molar-refractivity contribution in [3.05, 3.63) is 0 Å². The molecule has 2 heteroatoms. The number of nitrogens with zero attached hydrogens (tertiary/aromatic N) is 2. The minimum absolute atomic E-state index is 0.585. The van der Waals surface area contributed by atoms with E-state index in [-0.39, 0.29) is 0 Å². The van der Waals surface area contributed by atoms with E-state index < -0.39 is 0 Å². The van der Waals surface area contributed by atoms with E-state index in [2.05, 4.69) is 38.7 Å². The fourth-order valence-corrected chi connectivity index (χ4v) is 2.35. The molecule has 0 aliphatic heterocycles. The highest BCUT2D eigenvalue weighted by Crippen LogP contribution is 2.12. The first-order valence-corrected chi connectivity index (χ1v) is 6.73. The monoisotopic (exact) mass is 224 g/mol. The predicted molar refractivity (Wildman–Crippen MR) is 70.2 cm³/mol. The molecule has 0 amide bonds. The number of rotatable bonds is 9. The minimum atomic E-state index is 0.585. The van der Waals surface area contributed by atoms with Crippen LogP contribution in [0.3, 0.4) is 0 Å². The van der Waals surface area contributed by atoms with Gasteiger partial charge in [-0.1, -0.05) is 40.5 Å². The third-order valence-electron chi connectivity index (χ3n) is 3.00. The van der Waals surface area contributed by atoms with Crippen molar-refractivity contribution in [3.63, 3.8) is 0 Å². The summed E-state index contributed by atoms with van der Waals surface area (Å²) in [5.41, 5.74) is 0. The van der Waals surface area contributed by atoms with Crippen molar-refractivity contribution in [3.8, 4) is 6.07 Å². The summed E-state index contributed by atoms with van der Waals surface area (Å²) >= 11 is 0. The van der Waals surface area contributed by atoms with E-state index in [1.54, 1.807) is 0 Å². The standard InChI is InChI=1S/C14H28N2/c1-5-7-13(3)11-16(10-9-15)12-14(4)8-6-2/h13-14H,5-8,10-12H2,1-4H3. The van der Waals surface area contributed by atoms with E-state index in [1.807, 2.05) is 0 Å². The molecule has 2 unspecified atom stereocenters. The topological polar surface area (TPSA) is 27.0 Å². The summed E-state index contributed by atoms with van der Waals surface area (Å²) in [5, 5.41) is 8.83. The van der Waals surface area contributed by atoms with E-state index in [0.717, 1.165) is 13.1 Å². The van der Waals surface area contributed by atoms with Gasteiger partial charge in [0.1, 0.15) is 0 Å². The van der Waals surface area contributed by atoms with Crippen molar-refractivity contribution >= 4 is 0 Å². The molecule has 2 nitrogen and oxygen atoms in total. The van der Waals surface area contributed by atoms with Gasteiger partial charge in [0.05, 0.1) is 12.6 Å². The van der Waals surface area contributed by atoms with Gasteiger partial charge in [0.25, 0.3) is 0 Å². The number of nitriles is 1. The molecule has 0 aliphatic carbocycles. The van der Waals surface area contributed by atoms with E-state index in [1.165, 1.54) is 25.7 Å². The second kappa shape index (κ2) is 9.66. The van der Waals surface area contributed by atoms with Crippen LogP contribution in [0.25, 0.3) is 0 Å². The maximum absolute atomic E-state index is 8.83. The summed E-state index contributed by atoms with van der Waals surface area (Å²) in [6, 6.07) is 2.29. The summed E-state index contributed by atoms with van der Waals surface area (Å²) in [5.74, 6) is 1.43. The van der Waals surface area contributed by atoms with Crippen LogP contribution in [-0.4, -0.2) is 24.5 Å². The largest absolute Gasteiger partial charge is 0.290 e. The van der Waals surface area contributed by atoms with Gasteiger partial charge in [0.15, 0.2) is 0 Å². The molecule has 0 aromatic heterocycles. The lowest BCUT2D eigenvalue weighted by molar-refractivity contribution is 0.220. The Balaban J connectivity index is 4.01. The van der Waals surface area contributed by atoms with Gasteiger partial charge in [0, 0.05) is 13.1 Å². The molecule has 0 spiro atoms. The SMILES string of the molecule is CCCC(C)CN(CC#N)CC(C)CCC. The molecule has 0 rings (SSSR count). The third kappa shape index (κ3) is 7.70. The van der Waals surface area contributed by atoms with Crippen LogP contribution in [0, 0.1) is 23.2 Å². The van der Waals surface area contributed by atoms with Crippen LogP contribution in [0.4, 0.5) is 0 Å². The third-order valence-corrected chi connectivity index (χ3v) is 3.00. The zero-order chi connectivity index (χ0) is 12.4. The predicted octanol–water partition coefficient (Wildman–Crippen LogP) is 3.68. The van der Waals surface area contributed by atoms with Crippen LogP contribution in [0.1, 0.15) is 53.4 Å². The second-order valence-corrected chi connectivity index (χ2v) is 5.14. The van der Waals surface area contributed by atoms with Gasteiger partial charge in [-0.3, -0.25) is 4.90 Å². The van der Waals surface area contributed by atoms with Crippen molar-refractivity contribution in [2.24, 2.45) is 11.8 Å². The molecule has 0 fully saturated rings. The molecule has 0 N–H and O–H groups in total. The summed E-state index contributed by atoms with van der Waals surface area (Å²) in [6.45, 7) is 11.8. The van der Waals surface area contributed by atoms with E-state index >= 15 is 0 Å². The van der Waals surface area contributed by atoms with Crippen molar-refractivity contribution in [1.82, 2.24) is 4.90 Å². The minimum Gasteiger partial charge on any atom is -0.290 e. The average molecular weight is 224 g/mol. The maximum Gasteiger partial charge on any atom is 0.0866 e. The Morgan fingerprint density at radius 1 is 1.00 bits per heavy atom. The zero-order valence-electron chi connectivity index (χ0n) is 11.5. The van der Waals surface area contributed by atoms with Gasteiger partial charge in [-0.2, -0.15) is 5.26 Å². The fraction of sp³-hybridized carbons (Fsp3) is 0.929. The molecule has 2 atom stereocenters. The van der Waals surface area contributed by atoms with E-state index in [9.17, 15) is 0 Å². The Bertz CT molecular complexity index is 181. The quantitative estimate of drug-likeness (QED) is 0.559. The Labute approximate surface area is 102 Å². The lowest BCUT2D eigenvalue weighted by Gasteiger charge is -2.26. The molecule has 0 saturated heterocycles. The molecule has 0 bridgehead atoms. The van der Waals surface area contributed by atoms with Crippen LogP contribution in [-0.2, 0) is 0 Å². The van der Waals surface area contributed by atoms with Crippen molar-refractivity contribution < 1.29 is 0 Å². The first-order chi connectivity index (χ1) is 7.63. The van der Waals surface area contributed by atoms with Gasteiger partial charge >= 0.3 is 0 Å². The second-order valence-electron chi connectivity index (χ2n) is 5.14. The summed E-state index contributed by atoms with van der Waals surface area (Å²) in [6.07, 6.45) is 5.02. The first-order valence-electron chi connectivity index (χ1n) is 6.73. The van der Waals surface area contributed by atoms with Crippen LogP contribution in [0.2, 0.25) is 0 Å². The highest BCUT2D eigenvalue weighted by molar-refractivity contribution is 4.78. The van der Waals surface area contributed by atoms with Crippen molar-refractivity contribution in [2.75, 3.05) is 19.6 Å². The van der Waals surface area contributed by atoms with Gasteiger partial charge in [-0.15, -0.1) is 0 Å². The molecule has 94 valence electrons. The summed E-state index contributed by atoms with van der Waals surface area (Å²) in [7, 11) is 0. The van der Waals surface area contributed by atoms with Crippen molar-refractivity contribution in [1.29, 1.82) is 5.26 Å². The summed E-state index contributed by atoms with van der Waals surface area (Å²) in [4.78, 5) is 2.32. The number of hydrogen-bond donors (Lipinski definition) is 0. The normalized spacial score (nSPS) is 14.8. The zero-order valence-corrected chi connectivity index (χ0v) is 11.5. The maximum atomic E-state index is 8.83. The molecule has 16 heavy (non-hydrogen) atoms. The molecule has 0 saturated carbocycles. The lowest BCUT2D eigenvalue weighted by Crippen LogP contribution is -2.33. The van der Waals surface area contributed by atoms with Crippen molar-refractivity contribution in [2.45, 2.75) is 53.4 Å². The number of hydrogen-bond acceptors (Lipinski definition) is 2. The molecule has 0 aliphatic rings.